The van der Waals surface area contributed by atoms with Gasteiger partial charge in [-0.15, -0.1) is 0 Å². The third-order valence-corrected chi connectivity index (χ3v) is 4.08. The predicted molar refractivity (Wildman–Crippen MR) is 76.6 cm³/mol. The molecule has 1 saturated carbocycles. The average molecular weight is 246 g/mol. The molecule has 0 unspecified atom stereocenters. The van der Waals surface area contributed by atoms with E-state index in [2.05, 4.69) is 29.4 Å². The van der Waals surface area contributed by atoms with E-state index >= 15 is 0 Å². The van der Waals surface area contributed by atoms with Crippen molar-refractivity contribution >= 4 is 0 Å². The second-order valence-corrected chi connectivity index (χ2v) is 5.53. The normalized spacial score (nSPS) is 24.1. The summed E-state index contributed by atoms with van der Waals surface area (Å²) in [7, 11) is 0. The Morgan fingerprint density at radius 3 is 2.72 bits per heavy atom. The first-order valence-electron chi connectivity index (χ1n) is 7.51. The minimum atomic E-state index is 0.752. The first-order chi connectivity index (χ1) is 8.88. The maximum Gasteiger partial charge on any atom is 0.0416 e. The van der Waals surface area contributed by atoms with Crippen LogP contribution in [-0.4, -0.2) is 17.6 Å². The average Bonchev–Trinajstić information content (AvgIpc) is 2.42. The fraction of sp³-hybridized carbons (Fsp3) is 0.688. The molecular weight excluding hydrogens is 220 g/mol. The molecule has 0 radical (unpaired) electrons. The molecule has 0 saturated heterocycles. The number of rotatable bonds is 6. The van der Waals surface area contributed by atoms with Gasteiger partial charge in [-0.05, 0) is 43.7 Å². The Morgan fingerprint density at radius 1 is 1.22 bits per heavy atom. The van der Waals surface area contributed by atoms with Gasteiger partial charge >= 0.3 is 0 Å². The smallest absolute Gasteiger partial charge is 0.0416 e. The van der Waals surface area contributed by atoms with E-state index in [4.69, 9.17) is 0 Å². The van der Waals surface area contributed by atoms with Crippen LogP contribution in [0.25, 0.3) is 0 Å². The minimum absolute atomic E-state index is 0.752. The summed E-state index contributed by atoms with van der Waals surface area (Å²) in [6.45, 7) is 3.37. The molecule has 18 heavy (non-hydrogen) atoms. The number of nitrogens with zero attached hydrogens (tertiary/aromatic N) is 1. The minimum Gasteiger partial charge on any atom is -0.314 e. The highest BCUT2D eigenvalue weighted by Crippen LogP contribution is 2.27. The van der Waals surface area contributed by atoms with Crippen LogP contribution in [0, 0.1) is 5.92 Å². The Hall–Kier alpha value is -0.890. The van der Waals surface area contributed by atoms with E-state index in [0.717, 1.165) is 24.9 Å². The van der Waals surface area contributed by atoms with E-state index in [-0.39, 0.29) is 0 Å². The van der Waals surface area contributed by atoms with Crippen molar-refractivity contribution in [1.82, 2.24) is 10.3 Å². The molecular formula is C16H26N2. The van der Waals surface area contributed by atoms with E-state index in [1.807, 2.05) is 12.3 Å². The fourth-order valence-electron chi connectivity index (χ4n) is 3.01. The van der Waals surface area contributed by atoms with Crippen LogP contribution in [0.2, 0.25) is 0 Å². The molecule has 2 rings (SSSR count). The molecule has 2 heteroatoms. The quantitative estimate of drug-likeness (QED) is 0.830. The van der Waals surface area contributed by atoms with Gasteiger partial charge in [0.15, 0.2) is 0 Å². The standard InChI is InChI=1S/C16H26N2/c1-2-5-14-7-9-16(10-8-14)18-13-11-15-6-3-4-12-17-15/h3-4,6,12,14,16,18H,2,5,7-11,13H2,1H3. The SMILES string of the molecule is CCCC1CCC(NCCc2ccccn2)CC1. The van der Waals surface area contributed by atoms with E-state index in [1.54, 1.807) is 0 Å². The summed E-state index contributed by atoms with van der Waals surface area (Å²) in [5.74, 6) is 1.00. The summed E-state index contributed by atoms with van der Waals surface area (Å²) in [5.41, 5.74) is 1.20. The monoisotopic (exact) mass is 246 g/mol. The van der Waals surface area contributed by atoms with Gasteiger partial charge < -0.3 is 5.32 Å². The Morgan fingerprint density at radius 2 is 2.06 bits per heavy atom. The lowest BCUT2D eigenvalue weighted by atomic mass is 9.83. The van der Waals surface area contributed by atoms with Gasteiger partial charge in [0.05, 0.1) is 0 Å². The molecule has 1 aliphatic carbocycles. The summed E-state index contributed by atoms with van der Waals surface area (Å²) in [4.78, 5) is 4.36. The van der Waals surface area contributed by atoms with Gasteiger partial charge in [0.2, 0.25) is 0 Å². The number of hydrogen-bond donors (Lipinski definition) is 1. The van der Waals surface area contributed by atoms with Crippen molar-refractivity contribution in [3.05, 3.63) is 30.1 Å². The van der Waals surface area contributed by atoms with E-state index in [0.29, 0.717) is 0 Å². The molecule has 1 aromatic rings. The molecule has 0 spiro atoms. The van der Waals surface area contributed by atoms with Crippen LogP contribution >= 0.6 is 0 Å². The Kier molecular flexibility index (Phi) is 5.66. The van der Waals surface area contributed by atoms with Gasteiger partial charge in [0, 0.05) is 30.9 Å². The number of aromatic nitrogens is 1. The molecule has 0 aliphatic heterocycles. The van der Waals surface area contributed by atoms with Gasteiger partial charge in [-0.25, -0.2) is 0 Å². The molecule has 1 fully saturated rings. The fourth-order valence-corrected chi connectivity index (χ4v) is 3.01. The lowest BCUT2D eigenvalue weighted by molar-refractivity contribution is 0.279. The van der Waals surface area contributed by atoms with Crippen molar-refractivity contribution in [3.63, 3.8) is 0 Å². The zero-order valence-electron chi connectivity index (χ0n) is 11.6. The number of hydrogen-bond acceptors (Lipinski definition) is 2. The van der Waals surface area contributed by atoms with E-state index < -0.39 is 0 Å². The van der Waals surface area contributed by atoms with Crippen LogP contribution in [0.15, 0.2) is 24.4 Å². The molecule has 100 valence electrons. The summed E-state index contributed by atoms with van der Waals surface area (Å²) in [5, 5.41) is 3.69. The van der Waals surface area contributed by atoms with Gasteiger partial charge in [-0.1, -0.05) is 25.8 Å². The Balaban J connectivity index is 1.61. The maximum atomic E-state index is 4.36. The molecule has 0 atom stereocenters. The van der Waals surface area contributed by atoms with Gasteiger partial charge in [-0.2, -0.15) is 0 Å². The molecule has 1 aromatic heterocycles. The second-order valence-electron chi connectivity index (χ2n) is 5.53. The van der Waals surface area contributed by atoms with Gasteiger partial charge in [0.1, 0.15) is 0 Å². The first-order valence-corrected chi connectivity index (χ1v) is 7.51. The van der Waals surface area contributed by atoms with Crippen LogP contribution < -0.4 is 5.32 Å². The summed E-state index contributed by atoms with van der Waals surface area (Å²) in [6, 6.07) is 6.91. The van der Waals surface area contributed by atoms with Crippen molar-refractivity contribution in [2.24, 2.45) is 5.92 Å². The van der Waals surface area contributed by atoms with Crippen LogP contribution in [0.4, 0.5) is 0 Å². The van der Waals surface area contributed by atoms with E-state index in [1.165, 1.54) is 44.2 Å². The molecule has 1 N–H and O–H groups in total. The first kappa shape index (κ1) is 13.5. The number of pyridine rings is 1. The lowest BCUT2D eigenvalue weighted by Crippen LogP contribution is -2.34. The molecule has 2 nitrogen and oxygen atoms in total. The van der Waals surface area contributed by atoms with Crippen LogP contribution in [0.3, 0.4) is 0 Å². The third-order valence-electron chi connectivity index (χ3n) is 4.08. The van der Waals surface area contributed by atoms with Crippen molar-refractivity contribution in [2.45, 2.75) is 57.9 Å². The predicted octanol–water partition coefficient (Wildman–Crippen LogP) is 3.57. The van der Waals surface area contributed by atoms with Crippen LogP contribution in [0.5, 0.6) is 0 Å². The Labute approximate surface area is 111 Å². The Bertz CT molecular complexity index is 315. The van der Waals surface area contributed by atoms with Crippen molar-refractivity contribution < 1.29 is 0 Å². The molecule has 0 aromatic carbocycles. The maximum absolute atomic E-state index is 4.36. The van der Waals surface area contributed by atoms with Crippen LogP contribution in [-0.2, 0) is 6.42 Å². The van der Waals surface area contributed by atoms with Crippen molar-refractivity contribution in [3.8, 4) is 0 Å². The molecule has 0 amide bonds. The summed E-state index contributed by atoms with van der Waals surface area (Å²) >= 11 is 0. The molecule has 1 heterocycles. The largest absolute Gasteiger partial charge is 0.314 e. The highest BCUT2D eigenvalue weighted by atomic mass is 14.9. The topological polar surface area (TPSA) is 24.9 Å². The zero-order chi connectivity index (χ0) is 12.6. The number of nitrogens with one attached hydrogen (secondary N) is 1. The molecule has 1 aliphatic rings. The van der Waals surface area contributed by atoms with Crippen LogP contribution in [0.1, 0.15) is 51.1 Å². The second kappa shape index (κ2) is 7.52. The van der Waals surface area contributed by atoms with Crippen molar-refractivity contribution in [2.75, 3.05) is 6.54 Å². The van der Waals surface area contributed by atoms with Crippen molar-refractivity contribution in [1.29, 1.82) is 0 Å². The summed E-state index contributed by atoms with van der Waals surface area (Å²) in [6.07, 6.45) is 11.3. The lowest BCUT2D eigenvalue weighted by Gasteiger charge is -2.29. The third kappa shape index (κ3) is 4.41. The zero-order valence-corrected chi connectivity index (χ0v) is 11.6. The summed E-state index contributed by atoms with van der Waals surface area (Å²) < 4.78 is 0. The highest BCUT2D eigenvalue weighted by Gasteiger charge is 2.19. The van der Waals surface area contributed by atoms with E-state index in [9.17, 15) is 0 Å². The molecule has 0 bridgehead atoms. The van der Waals surface area contributed by atoms with Gasteiger partial charge in [-0.3, -0.25) is 4.98 Å². The van der Waals surface area contributed by atoms with Gasteiger partial charge in [0.25, 0.3) is 0 Å². The highest BCUT2D eigenvalue weighted by molar-refractivity contribution is 5.03.